The normalized spacial score (nSPS) is 11.3. The Bertz CT molecular complexity index is 900. The lowest BCUT2D eigenvalue weighted by atomic mass is 10.2. The van der Waals surface area contributed by atoms with Gasteiger partial charge in [0.25, 0.3) is 0 Å². The monoisotopic (exact) mass is 420 g/mol. The van der Waals surface area contributed by atoms with Gasteiger partial charge in [0.15, 0.2) is 0 Å². The van der Waals surface area contributed by atoms with E-state index >= 15 is 0 Å². The van der Waals surface area contributed by atoms with E-state index in [-0.39, 0.29) is 0 Å². The third-order valence-corrected chi connectivity index (χ3v) is 4.67. The predicted molar refractivity (Wildman–Crippen MR) is 106 cm³/mol. The second-order valence-electron chi connectivity index (χ2n) is 5.28. The summed E-state index contributed by atoms with van der Waals surface area (Å²) in [6.45, 7) is 2.92. The Morgan fingerprint density at radius 1 is 1.12 bits per heavy atom. The van der Waals surface area contributed by atoms with Crippen molar-refractivity contribution in [2.75, 3.05) is 0 Å². The van der Waals surface area contributed by atoms with E-state index in [0.717, 1.165) is 33.7 Å². The van der Waals surface area contributed by atoms with Crippen LogP contribution in [-0.2, 0) is 6.54 Å². The second-order valence-corrected chi connectivity index (χ2v) is 7.04. The Hall–Kier alpha value is -1.55. The predicted octanol–water partition coefficient (Wildman–Crippen LogP) is 6.81. The van der Waals surface area contributed by atoms with Gasteiger partial charge in [0.1, 0.15) is 5.82 Å². The Labute approximate surface area is 159 Å². The first-order valence-corrected chi connectivity index (χ1v) is 9.08. The van der Waals surface area contributed by atoms with E-state index in [0.29, 0.717) is 10.0 Å². The fourth-order valence-corrected chi connectivity index (χ4v) is 3.35. The Morgan fingerprint density at radius 2 is 1.96 bits per heavy atom. The maximum Gasteiger partial charge on any atom is 0.133 e. The zero-order valence-electron chi connectivity index (χ0n) is 13.0. The Balaban J connectivity index is 1.96. The standard InChI is InChI=1S/C19H15BrCl2N2/c1-2-24-12-18(16-8-7-15(21)11-17(16)22)23-19(24)9-6-13-4-3-5-14(20)10-13/h3-12H,2H2,1H3/b9-6+. The molecule has 0 unspecified atom stereocenters. The Kier molecular flexibility index (Phi) is 5.44. The SMILES string of the molecule is CCn1cc(-c2ccc(Cl)cc2Cl)nc1/C=C/c1cccc(Br)c1. The molecule has 0 spiro atoms. The van der Waals surface area contributed by atoms with Crippen LogP contribution in [-0.4, -0.2) is 9.55 Å². The van der Waals surface area contributed by atoms with Gasteiger partial charge in [0.2, 0.25) is 0 Å². The van der Waals surface area contributed by atoms with Gasteiger partial charge in [-0.25, -0.2) is 4.98 Å². The molecule has 0 N–H and O–H groups in total. The molecule has 1 aromatic heterocycles. The van der Waals surface area contributed by atoms with Crippen LogP contribution in [0.25, 0.3) is 23.4 Å². The summed E-state index contributed by atoms with van der Waals surface area (Å²) in [6.07, 6.45) is 6.07. The van der Waals surface area contributed by atoms with E-state index in [1.165, 1.54) is 0 Å². The molecule has 3 aromatic rings. The lowest BCUT2D eigenvalue weighted by molar-refractivity contribution is 0.753. The molecule has 5 heteroatoms. The van der Waals surface area contributed by atoms with E-state index in [2.05, 4.69) is 39.6 Å². The summed E-state index contributed by atoms with van der Waals surface area (Å²) in [6, 6.07) is 13.6. The molecule has 0 radical (unpaired) electrons. The molecule has 0 aliphatic rings. The van der Waals surface area contributed by atoms with Gasteiger partial charge in [0, 0.05) is 27.8 Å². The van der Waals surface area contributed by atoms with E-state index in [1.807, 2.05) is 42.6 Å². The summed E-state index contributed by atoms with van der Waals surface area (Å²) in [7, 11) is 0. The quantitative estimate of drug-likeness (QED) is 0.452. The van der Waals surface area contributed by atoms with Crippen LogP contribution in [0.3, 0.4) is 0 Å². The number of halogens is 3. The van der Waals surface area contributed by atoms with E-state index in [1.54, 1.807) is 6.07 Å². The highest BCUT2D eigenvalue weighted by atomic mass is 79.9. The van der Waals surface area contributed by atoms with Crippen molar-refractivity contribution in [2.45, 2.75) is 13.5 Å². The summed E-state index contributed by atoms with van der Waals surface area (Å²) in [5, 5.41) is 1.22. The number of benzene rings is 2. The molecule has 3 rings (SSSR count). The average molecular weight is 422 g/mol. The van der Waals surface area contributed by atoms with Crippen LogP contribution in [0.4, 0.5) is 0 Å². The summed E-state index contributed by atoms with van der Waals surface area (Å²) < 4.78 is 3.14. The highest BCUT2D eigenvalue weighted by Gasteiger charge is 2.10. The molecule has 1 heterocycles. The zero-order chi connectivity index (χ0) is 17.1. The van der Waals surface area contributed by atoms with Crippen LogP contribution >= 0.6 is 39.1 Å². The van der Waals surface area contributed by atoms with Gasteiger partial charge in [-0.1, -0.05) is 57.3 Å². The molecule has 0 saturated heterocycles. The molecule has 122 valence electrons. The van der Waals surface area contributed by atoms with Gasteiger partial charge in [-0.3, -0.25) is 0 Å². The van der Waals surface area contributed by atoms with E-state index in [9.17, 15) is 0 Å². The molecule has 0 bridgehead atoms. The summed E-state index contributed by atoms with van der Waals surface area (Å²) in [4.78, 5) is 4.72. The fraction of sp³-hybridized carbons (Fsp3) is 0.105. The molecule has 0 amide bonds. The first-order chi connectivity index (χ1) is 11.6. The number of nitrogens with zero attached hydrogens (tertiary/aromatic N) is 2. The largest absolute Gasteiger partial charge is 0.331 e. The fourth-order valence-electron chi connectivity index (χ4n) is 2.42. The van der Waals surface area contributed by atoms with Gasteiger partial charge >= 0.3 is 0 Å². The van der Waals surface area contributed by atoms with Crippen molar-refractivity contribution in [1.29, 1.82) is 0 Å². The van der Waals surface area contributed by atoms with Gasteiger partial charge < -0.3 is 4.57 Å². The van der Waals surface area contributed by atoms with Crippen molar-refractivity contribution in [1.82, 2.24) is 9.55 Å². The summed E-state index contributed by atoms with van der Waals surface area (Å²) in [5.41, 5.74) is 2.83. The van der Waals surface area contributed by atoms with Crippen LogP contribution in [0.2, 0.25) is 10.0 Å². The third-order valence-electron chi connectivity index (χ3n) is 3.63. The number of aryl methyl sites for hydroxylation is 1. The number of aromatic nitrogens is 2. The van der Waals surface area contributed by atoms with Crippen LogP contribution in [0.15, 0.2) is 53.1 Å². The molecule has 2 aromatic carbocycles. The molecule has 0 aliphatic heterocycles. The number of hydrogen-bond acceptors (Lipinski definition) is 1. The third kappa shape index (κ3) is 3.92. The van der Waals surface area contributed by atoms with Gasteiger partial charge in [-0.15, -0.1) is 0 Å². The smallest absolute Gasteiger partial charge is 0.133 e. The second kappa shape index (κ2) is 7.56. The highest BCUT2D eigenvalue weighted by Crippen LogP contribution is 2.30. The molecule has 0 aliphatic carbocycles. The molecule has 0 fully saturated rings. The van der Waals surface area contributed by atoms with Crippen molar-refractivity contribution in [3.63, 3.8) is 0 Å². The van der Waals surface area contributed by atoms with Crippen LogP contribution in [0.1, 0.15) is 18.3 Å². The summed E-state index contributed by atoms with van der Waals surface area (Å²) in [5.74, 6) is 0.887. The van der Waals surface area contributed by atoms with Crippen LogP contribution in [0.5, 0.6) is 0 Å². The van der Waals surface area contributed by atoms with Gasteiger partial charge in [-0.2, -0.15) is 0 Å². The number of imidazole rings is 1. The molecule has 24 heavy (non-hydrogen) atoms. The average Bonchev–Trinajstić information content (AvgIpc) is 2.96. The van der Waals surface area contributed by atoms with Crippen molar-refractivity contribution < 1.29 is 0 Å². The lowest BCUT2D eigenvalue weighted by Crippen LogP contribution is -1.94. The molecule has 0 saturated carbocycles. The highest BCUT2D eigenvalue weighted by molar-refractivity contribution is 9.10. The zero-order valence-corrected chi connectivity index (χ0v) is 16.1. The van der Waals surface area contributed by atoms with Crippen LogP contribution < -0.4 is 0 Å². The van der Waals surface area contributed by atoms with E-state index < -0.39 is 0 Å². The number of hydrogen-bond donors (Lipinski definition) is 0. The van der Waals surface area contributed by atoms with E-state index in [4.69, 9.17) is 28.2 Å². The minimum atomic E-state index is 0.603. The van der Waals surface area contributed by atoms with Gasteiger partial charge in [0.05, 0.1) is 10.7 Å². The van der Waals surface area contributed by atoms with Crippen molar-refractivity contribution in [3.05, 3.63) is 74.6 Å². The number of rotatable bonds is 4. The molecule has 0 atom stereocenters. The minimum absolute atomic E-state index is 0.603. The van der Waals surface area contributed by atoms with Crippen LogP contribution in [0, 0.1) is 0 Å². The first-order valence-electron chi connectivity index (χ1n) is 7.53. The summed E-state index contributed by atoms with van der Waals surface area (Å²) >= 11 is 15.8. The van der Waals surface area contributed by atoms with Crippen molar-refractivity contribution >= 4 is 51.3 Å². The maximum absolute atomic E-state index is 6.30. The Morgan fingerprint density at radius 3 is 2.67 bits per heavy atom. The van der Waals surface area contributed by atoms with Gasteiger partial charge in [-0.05, 0) is 48.9 Å². The lowest BCUT2D eigenvalue weighted by Gasteiger charge is -2.00. The topological polar surface area (TPSA) is 17.8 Å². The molecular formula is C19H15BrCl2N2. The maximum atomic E-state index is 6.30. The van der Waals surface area contributed by atoms with Crippen molar-refractivity contribution in [2.24, 2.45) is 0 Å². The molecule has 2 nitrogen and oxygen atoms in total. The molecular weight excluding hydrogens is 407 g/mol. The minimum Gasteiger partial charge on any atom is -0.331 e. The first kappa shape index (κ1) is 17.3. The van der Waals surface area contributed by atoms with Crippen molar-refractivity contribution in [3.8, 4) is 11.3 Å².